The van der Waals surface area contributed by atoms with E-state index in [-0.39, 0.29) is 5.41 Å². The van der Waals surface area contributed by atoms with Gasteiger partial charge in [-0.2, -0.15) is 0 Å². The Balaban J connectivity index is 1.80. The van der Waals surface area contributed by atoms with Crippen LogP contribution in [0.2, 0.25) is 0 Å². The van der Waals surface area contributed by atoms with E-state index in [0.717, 1.165) is 6.42 Å². The predicted octanol–water partition coefficient (Wildman–Crippen LogP) is 3.86. The topological polar surface area (TPSA) is 17.1 Å². The summed E-state index contributed by atoms with van der Waals surface area (Å²) in [6, 6.07) is 0. The molecular weight excluding hydrogens is 196 g/mol. The number of rotatable bonds is 0. The van der Waals surface area contributed by atoms with Gasteiger partial charge in [-0.1, -0.05) is 19.3 Å². The largest absolute Gasteiger partial charge is 0.299 e. The molecule has 0 saturated heterocycles. The maximum absolute atomic E-state index is 12.4. The molecule has 4 saturated carbocycles. The molecule has 0 aromatic heterocycles. The monoisotopic (exact) mass is 218 g/mol. The summed E-state index contributed by atoms with van der Waals surface area (Å²) in [7, 11) is 0. The van der Waals surface area contributed by atoms with Gasteiger partial charge in [-0.3, -0.25) is 4.79 Å². The van der Waals surface area contributed by atoms with Crippen LogP contribution in [0.4, 0.5) is 0 Å². The van der Waals surface area contributed by atoms with Gasteiger partial charge in [-0.25, -0.2) is 0 Å². The molecule has 4 fully saturated rings. The van der Waals surface area contributed by atoms with Crippen LogP contribution < -0.4 is 0 Å². The van der Waals surface area contributed by atoms with Gasteiger partial charge in [0.2, 0.25) is 0 Å². The Kier molecular flexibility index (Phi) is 1.65. The van der Waals surface area contributed by atoms with E-state index >= 15 is 0 Å². The van der Waals surface area contributed by atoms with Gasteiger partial charge in [0.05, 0.1) is 0 Å². The van der Waals surface area contributed by atoms with E-state index in [1.54, 1.807) is 0 Å². The SMILES string of the molecule is O=C1CCC2(CCC23CCC3)C12CCCC2. The fraction of sp³-hybridized carbons (Fsp3) is 0.933. The molecule has 1 atom stereocenters. The lowest BCUT2D eigenvalue weighted by molar-refractivity contribution is -0.198. The van der Waals surface area contributed by atoms with Crippen LogP contribution in [0.15, 0.2) is 0 Å². The first-order valence-corrected chi connectivity index (χ1v) is 7.28. The van der Waals surface area contributed by atoms with E-state index in [9.17, 15) is 4.79 Å². The van der Waals surface area contributed by atoms with Crippen LogP contribution in [0.3, 0.4) is 0 Å². The normalized spacial score (nSPS) is 42.9. The Hall–Kier alpha value is -0.330. The Bertz CT molecular complexity index is 341. The summed E-state index contributed by atoms with van der Waals surface area (Å²) >= 11 is 0. The highest BCUT2D eigenvalue weighted by atomic mass is 16.1. The molecule has 0 N–H and O–H groups in total. The first-order valence-electron chi connectivity index (χ1n) is 7.28. The molecule has 1 heteroatoms. The Labute approximate surface area is 98.0 Å². The summed E-state index contributed by atoms with van der Waals surface area (Å²) in [6.07, 6.45) is 14.5. The number of ketones is 1. The molecule has 1 nitrogen and oxygen atoms in total. The lowest BCUT2D eigenvalue weighted by Crippen LogP contribution is -2.61. The minimum absolute atomic E-state index is 0.186. The fourth-order valence-corrected chi connectivity index (χ4v) is 6.06. The highest BCUT2D eigenvalue weighted by Crippen LogP contribution is 2.79. The average Bonchev–Trinajstić information content (AvgIpc) is 2.74. The smallest absolute Gasteiger partial charge is 0.139 e. The van der Waals surface area contributed by atoms with Gasteiger partial charge in [0.1, 0.15) is 5.78 Å². The second-order valence-electron chi connectivity index (χ2n) is 6.93. The van der Waals surface area contributed by atoms with Gasteiger partial charge in [-0.15, -0.1) is 0 Å². The number of Topliss-reactive ketones (excluding diaryl/α,β-unsaturated/α-hetero) is 1. The third-order valence-corrected chi connectivity index (χ3v) is 7.04. The van der Waals surface area contributed by atoms with Crippen molar-refractivity contribution in [2.24, 2.45) is 16.2 Å². The van der Waals surface area contributed by atoms with E-state index in [2.05, 4.69) is 0 Å². The van der Waals surface area contributed by atoms with Crippen LogP contribution in [-0.2, 0) is 4.79 Å². The van der Waals surface area contributed by atoms with Crippen molar-refractivity contribution in [3.63, 3.8) is 0 Å². The van der Waals surface area contributed by atoms with E-state index in [0.29, 0.717) is 16.6 Å². The molecule has 0 radical (unpaired) electrons. The van der Waals surface area contributed by atoms with Gasteiger partial charge in [-0.05, 0) is 55.8 Å². The van der Waals surface area contributed by atoms with Crippen molar-refractivity contribution in [2.45, 2.75) is 70.6 Å². The highest BCUT2D eigenvalue weighted by Gasteiger charge is 2.73. The van der Waals surface area contributed by atoms with Crippen LogP contribution in [0.25, 0.3) is 0 Å². The summed E-state index contributed by atoms with van der Waals surface area (Å²) in [5.74, 6) is 0.663. The molecular formula is C15H22O. The number of carbonyl (C=O) groups excluding carboxylic acids is 1. The molecule has 0 aliphatic heterocycles. The summed E-state index contributed by atoms with van der Waals surface area (Å²) in [4.78, 5) is 12.4. The molecule has 4 aliphatic carbocycles. The minimum atomic E-state index is 0.186. The van der Waals surface area contributed by atoms with Gasteiger partial charge in [0, 0.05) is 11.8 Å². The summed E-state index contributed by atoms with van der Waals surface area (Å²) in [6.45, 7) is 0. The highest BCUT2D eigenvalue weighted by molar-refractivity contribution is 5.89. The van der Waals surface area contributed by atoms with Crippen LogP contribution in [0.1, 0.15) is 70.6 Å². The molecule has 0 amide bonds. The summed E-state index contributed by atoms with van der Waals surface area (Å²) in [5.41, 5.74) is 1.35. The maximum atomic E-state index is 12.4. The lowest BCUT2D eigenvalue weighted by atomic mass is 9.35. The molecule has 0 heterocycles. The van der Waals surface area contributed by atoms with E-state index in [4.69, 9.17) is 0 Å². The van der Waals surface area contributed by atoms with Crippen LogP contribution in [0, 0.1) is 16.2 Å². The van der Waals surface area contributed by atoms with Crippen molar-refractivity contribution in [3.05, 3.63) is 0 Å². The van der Waals surface area contributed by atoms with E-state index < -0.39 is 0 Å². The molecule has 0 aromatic carbocycles. The third-order valence-electron chi connectivity index (χ3n) is 7.04. The zero-order chi connectivity index (χ0) is 10.9. The van der Waals surface area contributed by atoms with Crippen molar-refractivity contribution >= 4 is 5.78 Å². The van der Waals surface area contributed by atoms with Crippen molar-refractivity contribution in [2.75, 3.05) is 0 Å². The molecule has 3 spiro atoms. The number of fused-ring (bicyclic) bond motifs is 2. The van der Waals surface area contributed by atoms with Crippen molar-refractivity contribution < 1.29 is 4.79 Å². The lowest BCUT2D eigenvalue weighted by Gasteiger charge is -2.68. The van der Waals surface area contributed by atoms with Gasteiger partial charge < -0.3 is 0 Å². The van der Waals surface area contributed by atoms with Crippen LogP contribution in [-0.4, -0.2) is 5.78 Å². The molecule has 4 aliphatic rings. The predicted molar refractivity (Wildman–Crippen MR) is 63.1 cm³/mol. The molecule has 88 valence electrons. The maximum Gasteiger partial charge on any atom is 0.139 e. The first kappa shape index (κ1) is 9.67. The second-order valence-corrected chi connectivity index (χ2v) is 6.93. The number of carbonyl (C=O) groups is 1. The van der Waals surface area contributed by atoms with Gasteiger partial charge in [0.25, 0.3) is 0 Å². The third kappa shape index (κ3) is 0.762. The zero-order valence-corrected chi connectivity index (χ0v) is 10.2. The molecule has 1 unspecified atom stereocenters. The molecule has 0 bridgehead atoms. The fourth-order valence-electron chi connectivity index (χ4n) is 6.06. The first-order chi connectivity index (χ1) is 7.75. The van der Waals surface area contributed by atoms with Gasteiger partial charge in [0.15, 0.2) is 0 Å². The molecule has 4 rings (SSSR count). The van der Waals surface area contributed by atoms with Crippen molar-refractivity contribution in [1.82, 2.24) is 0 Å². The Morgan fingerprint density at radius 3 is 2.00 bits per heavy atom. The average molecular weight is 218 g/mol. The minimum Gasteiger partial charge on any atom is -0.299 e. The van der Waals surface area contributed by atoms with Crippen molar-refractivity contribution in [1.29, 1.82) is 0 Å². The Morgan fingerprint density at radius 1 is 0.750 bits per heavy atom. The molecule has 0 aromatic rings. The summed E-state index contributed by atoms with van der Waals surface area (Å²) in [5, 5.41) is 0. The van der Waals surface area contributed by atoms with E-state index in [1.165, 1.54) is 64.2 Å². The quantitative estimate of drug-likeness (QED) is 0.603. The second kappa shape index (κ2) is 2.73. The van der Waals surface area contributed by atoms with Gasteiger partial charge >= 0.3 is 0 Å². The van der Waals surface area contributed by atoms with E-state index in [1.807, 2.05) is 0 Å². The number of hydrogen-bond donors (Lipinski definition) is 0. The Morgan fingerprint density at radius 2 is 1.50 bits per heavy atom. The van der Waals surface area contributed by atoms with Crippen LogP contribution >= 0.6 is 0 Å². The number of hydrogen-bond acceptors (Lipinski definition) is 1. The van der Waals surface area contributed by atoms with Crippen LogP contribution in [0.5, 0.6) is 0 Å². The summed E-state index contributed by atoms with van der Waals surface area (Å²) < 4.78 is 0. The zero-order valence-electron chi connectivity index (χ0n) is 10.2. The standard InChI is InChI=1S/C15H22O/c16-12-4-9-15(14(12)7-1-2-8-14)11-10-13(15)5-3-6-13/h1-11H2. The molecule has 16 heavy (non-hydrogen) atoms. The van der Waals surface area contributed by atoms with Crippen molar-refractivity contribution in [3.8, 4) is 0 Å².